The highest BCUT2D eigenvalue weighted by atomic mass is 32.2. The number of hydrogen-bond acceptors (Lipinski definition) is 2. The predicted octanol–water partition coefficient (Wildman–Crippen LogP) is 4.82. The molecule has 0 saturated carbocycles. The molecule has 2 heterocycles. The molecule has 0 fully saturated rings. The molecule has 0 radical (unpaired) electrons. The number of nitrogens with zero attached hydrogens (tertiary/aromatic N) is 1. The number of H-pyrrole nitrogens is 1. The van der Waals surface area contributed by atoms with E-state index in [0.717, 1.165) is 27.2 Å². The summed E-state index contributed by atoms with van der Waals surface area (Å²) in [4.78, 5) is 3.59. The average molecular weight is 360 g/mol. The highest BCUT2D eigenvalue weighted by molar-refractivity contribution is 7.90. The summed E-state index contributed by atoms with van der Waals surface area (Å²) in [7, 11) is -3.73. The van der Waals surface area contributed by atoms with Gasteiger partial charge in [0, 0.05) is 21.7 Å². The van der Waals surface area contributed by atoms with Crippen molar-refractivity contribution in [3.63, 3.8) is 0 Å². The summed E-state index contributed by atoms with van der Waals surface area (Å²) in [5.74, 6) is 0. The van der Waals surface area contributed by atoms with Crippen LogP contribution in [0, 0.1) is 6.92 Å². The summed E-state index contributed by atoms with van der Waals surface area (Å²) < 4.78 is 28.3. The van der Waals surface area contributed by atoms with Crippen molar-refractivity contribution in [2.75, 3.05) is 0 Å². The smallest absolute Gasteiger partial charge is 0.269 e. The average Bonchev–Trinajstić information content (AvgIpc) is 3.16. The summed E-state index contributed by atoms with van der Waals surface area (Å²) in [6, 6.07) is 22.5. The maximum absolute atomic E-state index is 13.5. The van der Waals surface area contributed by atoms with E-state index in [1.165, 1.54) is 3.97 Å². The Morgan fingerprint density at radius 3 is 2.23 bits per heavy atom. The van der Waals surface area contributed by atoms with Crippen LogP contribution in [0.1, 0.15) is 5.56 Å². The number of aryl methyl sites for hydroxylation is 1. The minimum Gasteiger partial charge on any atom is -0.340 e. The number of para-hydroxylation sites is 2. The van der Waals surface area contributed by atoms with Gasteiger partial charge in [-0.1, -0.05) is 54.1 Å². The van der Waals surface area contributed by atoms with Crippen LogP contribution in [0.5, 0.6) is 0 Å². The van der Waals surface area contributed by atoms with Crippen molar-refractivity contribution in [3.05, 3.63) is 78.4 Å². The van der Waals surface area contributed by atoms with Gasteiger partial charge in [0.05, 0.1) is 10.4 Å². The fourth-order valence-corrected chi connectivity index (χ4v) is 5.09. The number of fused-ring (bicyclic) bond motifs is 5. The Hall–Kier alpha value is -3.05. The molecule has 4 nitrogen and oxygen atoms in total. The summed E-state index contributed by atoms with van der Waals surface area (Å²) >= 11 is 0. The first-order chi connectivity index (χ1) is 12.6. The Morgan fingerprint density at radius 2 is 1.46 bits per heavy atom. The van der Waals surface area contributed by atoms with Crippen molar-refractivity contribution < 1.29 is 8.42 Å². The van der Waals surface area contributed by atoms with Crippen molar-refractivity contribution in [3.8, 4) is 0 Å². The van der Waals surface area contributed by atoms with E-state index < -0.39 is 10.0 Å². The van der Waals surface area contributed by atoms with Gasteiger partial charge in [0.25, 0.3) is 10.0 Å². The van der Waals surface area contributed by atoms with Gasteiger partial charge in [-0.2, -0.15) is 0 Å². The van der Waals surface area contributed by atoms with Gasteiger partial charge >= 0.3 is 0 Å². The van der Waals surface area contributed by atoms with Crippen LogP contribution >= 0.6 is 0 Å². The van der Waals surface area contributed by atoms with E-state index in [9.17, 15) is 8.42 Å². The van der Waals surface area contributed by atoms with E-state index in [1.807, 2.05) is 67.6 Å². The van der Waals surface area contributed by atoms with Gasteiger partial charge in [-0.3, -0.25) is 0 Å². The molecule has 3 aromatic carbocycles. The van der Waals surface area contributed by atoms with Gasteiger partial charge in [0.1, 0.15) is 5.65 Å². The van der Waals surface area contributed by atoms with Crippen LogP contribution in [-0.2, 0) is 10.0 Å². The molecule has 5 rings (SSSR count). The standard InChI is InChI=1S/C21H16N2O2S/c1-14-10-12-15(13-11-14)26(24,25)23-19-9-5-3-7-17(19)20-16-6-2-4-8-18(16)22-21(20)23/h2-13,22H,1H3. The quantitative estimate of drug-likeness (QED) is 0.491. The highest BCUT2D eigenvalue weighted by Crippen LogP contribution is 2.36. The molecule has 26 heavy (non-hydrogen) atoms. The van der Waals surface area contributed by atoms with E-state index in [-0.39, 0.29) is 4.90 Å². The molecule has 1 N–H and O–H groups in total. The number of rotatable bonds is 2. The zero-order valence-electron chi connectivity index (χ0n) is 14.1. The summed E-state index contributed by atoms with van der Waals surface area (Å²) in [5.41, 5.74) is 3.24. The van der Waals surface area contributed by atoms with Crippen molar-refractivity contribution in [1.29, 1.82) is 0 Å². The van der Waals surface area contributed by atoms with Crippen molar-refractivity contribution in [2.24, 2.45) is 0 Å². The molecule has 0 aliphatic rings. The van der Waals surface area contributed by atoms with Gasteiger partial charge in [0.2, 0.25) is 0 Å². The predicted molar refractivity (Wildman–Crippen MR) is 105 cm³/mol. The molecule has 5 heteroatoms. The Bertz CT molecular complexity index is 1390. The van der Waals surface area contributed by atoms with Crippen LogP contribution in [0.2, 0.25) is 0 Å². The highest BCUT2D eigenvalue weighted by Gasteiger charge is 2.25. The van der Waals surface area contributed by atoms with Crippen LogP contribution in [0.4, 0.5) is 0 Å². The molecule has 0 unspecified atom stereocenters. The van der Waals surface area contributed by atoms with Crippen LogP contribution in [0.15, 0.2) is 77.7 Å². The number of benzene rings is 3. The normalized spacial score (nSPS) is 12.3. The largest absolute Gasteiger partial charge is 0.340 e. The van der Waals surface area contributed by atoms with E-state index >= 15 is 0 Å². The van der Waals surface area contributed by atoms with E-state index in [4.69, 9.17) is 0 Å². The van der Waals surface area contributed by atoms with Gasteiger partial charge in [-0.25, -0.2) is 12.4 Å². The number of hydrogen-bond donors (Lipinski definition) is 1. The summed E-state index contributed by atoms with van der Waals surface area (Å²) in [6.07, 6.45) is 0. The van der Waals surface area contributed by atoms with Crippen LogP contribution in [-0.4, -0.2) is 17.4 Å². The number of nitrogens with one attached hydrogen (secondary N) is 1. The molecule has 128 valence electrons. The van der Waals surface area contributed by atoms with Crippen molar-refractivity contribution >= 4 is 42.9 Å². The van der Waals surface area contributed by atoms with Gasteiger partial charge in [0.15, 0.2) is 0 Å². The Labute approximate surface area is 150 Å². The lowest BCUT2D eigenvalue weighted by Crippen LogP contribution is -2.13. The van der Waals surface area contributed by atoms with E-state index in [0.29, 0.717) is 11.2 Å². The van der Waals surface area contributed by atoms with Gasteiger partial charge in [-0.15, -0.1) is 0 Å². The molecular weight excluding hydrogens is 344 g/mol. The molecule has 0 bridgehead atoms. The van der Waals surface area contributed by atoms with Gasteiger partial charge < -0.3 is 4.98 Å². The SMILES string of the molecule is Cc1ccc(S(=O)(=O)n2c3ccccc3c3c4ccccc4[nH]c32)cc1. The third-order valence-corrected chi connectivity index (χ3v) is 6.57. The zero-order chi connectivity index (χ0) is 17.9. The number of aromatic amines is 1. The first-order valence-electron chi connectivity index (χ1n) is 8.39. The fraction of sp³-hybridized carbons (Fsp3) is 0.0476. The minimum atomic E-state index is -3.73. The molecule has 0 saturated heterocycles. The second-order valence-electron chi connectivity index (χ2n) is 6.49. The molecule has 5 aromatic rings. The summed E-state index contributed by atoms with van der Waals surface area (Å²) in [5, 5.41) is 2.89. The summed E-state index contributed by atoms with van der Waals surface area (Å²) in [6.45, 7) is 1.94. The third kappa shape index (κ3) is 1.98. The second kappa shape index (κ2) is 5.22. The van der Waals surface area contributed by atoms with Crippen LogP contribution in [0.3, 0.4) is 0 Å². The fourth-order valence-electron chi connectivity index (χ4n) is 3.60. The molecule has 2 aromatic heterocycles. The minimum absolute atomic E-state index is 0.282. The van der Waals surface area contributed by atoms with E-state index in [1.54, 1.807) is 12.1 Å². The molecule has 0 atom stereocenters. The monoisotopic (exact) mass is 360 g/mol. The first kappa shape index (κ1) is 15.2. The lowest BCUT2D eigenvalue weighted by Gasteiger charge is -2.09. The molecule has 0 aliphatic carbocycles. The maximum atomic E-state index is 13.5. The Morgan fingerprint density at radius 1 is 0.808 bits per heavy atom. The third-order valence-electron chi connectivity index (χ3n) is 4.84. The lowest BCUT2D eigenvalue weighted by molar-refractivity contribution is 0.590. The zero-order valence-corrected chi connectivity index (χ0v) is 14.9. The topological polar surface area (TPSA) is 54.9 Å². The molecule has 0 aliphatic heterocycles. The van der Waals surface area contributed by atoms with Crippen LogP contribution in [0.25, 0.3) is 32.8 Å². The second-order valence-corrected chi connectivity index (χ2v) is 8.28. The number of aromatic nitrogens is 2. The Kier molecular flexibility index (Phi) is 3.06. The Balaban J connectivity index is 1.96. The van der Waals surface area contributed by atoms with Crippen LogP contribution < -0.4 is 0 Å². The molecular formula is C21H16N2O2S. The molecule has 0 amide bonds. The maximum Gasteiger partial charge on any atom is 0.269 e. The van der Waals surface area contributed by atoms with E-state index in [2.05, 4.69) is 4.98 Å². The molecule has 0 spiro atoms. The van der Waals surface area contributed by atoms with Gasteiger partial charge in [-0.05, 0) is 31.2 Å². The van der Waals surface area contributed by atoms with Crippen molar-refractivity contribution in [2.45, 2.75) is 11.8 Å². The lowest BCUT2D eigenvalue weighted by atomic mass is 10.1. The van der Waals surface area contributed by atoms with Crippen molar-refractivity contribution in [1.82, 2.24) is 8.96 Å². The first-order valence-corrected chi connectivity index (χ1v) is 9.83.